The Labute approximate surface area is 179 Å². The van der Waals surface area contributed by atoms with E-state index in [0.29, 0.717) is 31.1 Å². The zero-order valence-electron chi connectivity index (χ0n) is 18.1. The van der Waals surface area contributed by atoms with E-state index in [1.807, 2.05) is 44.2 Å². The lowest BCUT2D eigenvalue weighted by atomic mass is 9.95. The average molecular weight is 412 g/mol. The van der Waals surface area contributed by atoms with Crippen molar-refractivity contribution in [3.05, 3.63) is 47.7 Å². The molecule has 2 aromatic rings. The molecule has 6 heteroatoms. The fourth-order valence-electron chi connectivity index (χ4n) is 3.82. The average Bonchev–Trinajstić information content (AvgIpc) is 2.77. The molecule has 1 aromatic carbocycles. The SMILES string of the molecule is CCOc1ccc(CCNc2ncccc2C(=O)NC2CCCCC2)cc1OCC. The zero-order valence-corrected chi connectivity index (χ0v) is 18.1. The second kappa shape index (κ2) is 11.4. The van der Waals surface area contributed by atoms with E-state index in [1.54, 1.807) is 6.20 Å². The van der Waals surface area contributed by atoms with Crippen molar-refractivity contribution in [2.45, 2.75) is 58.4 Å². The van der Waals surface area contributed by atoms with Crippen LogP contribution in [-0.4, -0.2) is 36.7 Å². The molecule has 1 fully saturated rings. The van der Waals surface area contributed by atoms with Gasteiger partial charge in [-0.2, -0.15) is 0 Å². The minimum atomic E-state index is -0.0443. The summed E-state index contributed by atoms with van der Waals surface area (Å²) in [7, 11) is 0. The van der Waals surface area contributed by atoms with Crippen LogP contribution in [-0.2, 0) is 6.42 Å². The first-order valence-electron chi connectivity index (χ1n) is 11.1. The van der Waals surface area contributed by atoms with Gasteiger partial charge in [0.15, 0.2) is 11.5 Å². The van der Waals surface area contributed by atoms with E-state index in [9.17, 15) is 4.79 Å². The van der Waals surface area contributed by atoms with E-state index >= 15 is 0 Å². The lowest BCUT2D eigenvalue weighted by molar-refractivity contribution is 0.0928. The molecule has 1 heterocycles. The normalized spacial score (nSPS) is 14.2. The fourth-order valence-corrected chi connectivity index (χ4v) is 3.82. The van der Waals surface area contributed by atoms with Crippen molar-refractivity contribution in [2.75, 3.05) is 25.1 Å². The fraction of sp³-hybridized carbons (Fsp3) is 0.500. The molecule has 1 aromatic heterocycles. The molecular formula is C24H33N3O3. The number of hydrogen-bond donors (Lipinski definition) is 2. The Morgan fingerprint density at radius 3 is 2.60 bits per heavy atom. The van der Waals surface area contributed by atoms with Crippen LogP contribution in [0.5, 0.6) is 11.5 Å². The number of ether oxygens (including phenoxy) is 2. The molecular weight excluding hydrogens is 378 g/mol. The van der Waals surface area contributed by atoms with E-state index in [0.717, 1.165) is 36.3 Å². The second-order valence-corrected chi connectivity index (χ2v) is 7.53. The van der Waals surface area contributed by atoms with E-state index in [1.165, 1.54) is 19.3 Å². The third-order valence-corrected chi connectivity index (χ3v) is 5.31. The Bertz CT molecular complexity index is 819. The molecule has 30 heavy (non-hydrogen) atoms. The van der Waals surface area contributed by atoms with Crippen LogP contribution in [0.3, 0.4) is 0 Å². The number of nitrogens with zero attached hydrogens (tertiary/aromatic N) is 1. The van der Waals surface area contributed by atoms with Gasteiger partial charge in [0.2, 0.25) is 0 Å². The Hall–Kier alpha value is -2.76. The maximum Gasteiger partial charge on any atom is 0.255 e. The van der Waals surface area contributed by atoms with Gasteiger partial charge in [0.05, 0.1) is 18.8 Å². The number of anilines is 1. The first kappa shape index (κ1) is 21.9. The molecule has 0 radical (unpaired) electrons. The Balaban J connectivity index is 1.59. The Kier molecular flexibility index (Phi) is 8.36. The molecule has 0 unspecified atom stereocenters. The molecule has 1 aliphatic carbocycles. The topological polar surface area (TPSA) is 72.5 Å². The highest BCUT2D eigenvalue weighted by Crippen LogP contribution is 2.28. The highest BCUT2D eigenvalue weighted by atomic mass is 16.5. The first-order chi connectivity index (χ1) is 14.7. The highest BCUT2D eigenvalue weighted by molar-refractivity contribution is 5.98. The number of benzene rings is 1. The molecule has 6 nitrogen and oxygen atoms in total. The van der Waals surface area contributed by atoms with Crippen molar-refractivity contribution in [3.8, 4) is 11.5 Å². The third kappa shape index (κ3) is 6.12. The first-order valence-corrected chi connectivity index (χ1v) is 11.1. The summed E-state index contributed by atoms with van der Waals surface area (Å²) in [5, 5.41) is 6.50. The van der Waals surface area contributed by atoms with Crippen LogP contribution in [0.1, 0.15) is 61.9 Å². The lowest BCUT2D eigenvalue weighted by Crippen LogP contribution is -2.36. The lowest BCUT2D eigenvalue weighted by Gasteiger charge is -2.23. The summed E-state index contributed by atoms with van der Waals surface area (Å²) in [5.41, 5.74) is 1.74. The maximum atomic E-state index is 12.8. The van der Waals surface area contributed by atoms with Gasteiger partial charge in [0.1, 0.15) is 5.82 Å². The third-order valence-electron chi connectivity index (χ3n) is 5.31. The molecule has 0 saturated heterocycles. The number of pyridine rings is 1. The predicted molar refractivity (Wildman–Crippen MR) is 120 cm³/mol. The molecule has 1 amide bonds. The van der Waals surface area contributed by atoms with Crippen LogP contribution in [0.25, 0.3) is 0 Å². The predicted octanol–water partition coefficient (Wildman–Crippen LogP) is 4.60. The van der Waals surface area contributed by atoms with Gasteiger partial charge in [0.25, 0.3) is 5.91 Å². The number of nitrogens with one attached hydrogen (secondary N) is 2. The largest absolute Gasteiger partial charge is 0.490 e. The summed E-state index contributed by atoms with van der Waals surface area (Å²) in [6, 6.07) is 9.93. The van der Waals surface area contributed by atoms with Gasteiger partial charge >= 0.3 is 0 Å². The van der Waals surface area contributed by atoms with Crippen LogP contribution < -0.4 is 20.1 Å². The Morgan fingerprint density at radius 1 is 1.07 bits per heavy atom. The van der Waals surface area contributed by atoms with Crippen LogP contribution in [0.2, 0.25) is 0 Å². The smallest absolute Gasteiger partial charge is 0.255 e. The maximum absolute atomic E-state index is 12.8. The molecule has 0 bridgehead atoms. The van der Waals surface area contributed by atoms with Crippen LogP contribution >= 0.6 is 0 Å². The molecule has 1 saturated carbocycles. The van der Waals surface area contributed by atoms with Gasteiger partial charge in [-0.1, -0.05) is 25.3 Å². The zero-order chi connectivity index (χ0) is 21.2. The number of aromatic nitrogens is 1. The minimum absolute atomic E-state index is 0.0443. The summed E-state index contributed by atoms with van der Waals surface area (Å²) >= 11 is 0. The molecule has 3 rings (SSSR count). The van der Waals surface area contributed by atoms with E-state index < -0.39 is 0 Å². The van der Waals surface area contributed by atoms with Crippen molar-refractivity contribution >= 4 is 11.7 Å². The second-order valence-electron chi connectivity index (χ2n) is 7.53. The number of carbonyl (C=O) groups excluding carboxylic acids is 1. The molecule has 0 aliphatic heterocycles. The van der Waals surface area contributed by atoms with Gasteiger partial charge < -0.3 is 20.1 Å². The Morgan fingerprint density at radius 2 is 1.83 bits per heavy atom. The monoisotopic (exact) mass is 411 g/mol. The molecule has 162 valence electrons. The summed E-state index contributed by atoms with van der Waals surface area (Å²) in [6.45, 7) is 5.79. The van der Waals surface area contributed by atoms with Crippen LogP contribution in [0.4, 0.5) is 5.82 Å². The van der Waals surface area contributed by atoms with Gasteiger partial charge in [-0.25, -0.2) is 4.98 Å². The summed E-state index contributed by atoms with van der Waals surface area (Å²) in [5.74, 6) is 2.11. The van der Waals surface area contributed by atoms with Crippen molar-refractivity contribution in [2.24, 2.45) is 0 Å². The molecule has 1 aliphatic rings. The molecule has 0 atom stereocenters. The summed E-state index contributed by atoms with van der Waals surface area (Å²) in [4.78, 5) is 17.2. The van der Waals surface area contributed by atoms with Gasteiger partial charge in [-0.05, 0) is 62.9 Å². The number of amides is 1. The minimum Gasteiger partial charge on any atom is -0.490 e. The van der Waals surface area contributed by atoms with E-state index in [-0.39, 0.29) is 11.9 Å². The van der Waals surface area contributed by atoms with Crippen molar-refractivity contribution in [3.63, 3.8) is 0 Å². The number of carbonyl (C=O) groups is 1. The molecule has 0 spiro atoms. The number of rotatable bonds is 10. The summed E-state index contributed by atoms with van der Waals surface area (Å²) in [6.07, 6.45) is 8.27. The summed E-state index contributed by atoms with van der Waals surface area (Å²) < 4.78 is 11.3. The van der Waals surface area contributed by atoms with Gasteiger partial charge in [0, 0.05) is 18.8 Å². The van der Waals surface area contributed by atoms with Gasteiger partial charge in [-0.15, -0.1) is 0 Å². The van der Waals surface area contributed by atoms with Crippen molar-refractivity contribution < 1.29 is 14.3 Å². The molecule has 2 N–H and O–H groups in total. The van der Waals surface area contributed by atoms with E-state index in [4.69, 9.17) is 9.47 Å². The van der Waals surface area contributed by atoms with E-state index in [2.05, 4.69) is 15.6 Å². The quantitative estimate of drug-likeness (QED) is 0.598. The van der Waals surface area contributed by atoms with Crippen molar-refractivity contribution in [1.29, 1.82) is 0 Å². The standard InChI is InChI=1S/C24H33N3O3/c1-3-29-21-13-12-18(17-22(21)30-4-2)14-16-26-23-20(11-8-15-25-23)24(28)27-19-9-6-5-7-10-19/h8,11-13,15,17,19H,3-7,9-10,14,16H2,1-2H3,(H,25,26)(H,27,28). The van der Waals surface area contributed by atoms with Crippen molar-refractivity contribution in [1.82, 2.24) is 10.3 Å². The van der Waals surface area contributed by atoms with Crippen LogP contribution in [0.15, 0.2) is 36.5 Å². The van der Waals surface area contributed by atoms with Gasteiger partial charge in [-0.3, -0.25) is 4.79 Å². The number of hydrogen-bond acceptors (Lipinski definition) is 5. The highest BCUT2D eigenvalue weighted by Gasteiger charge is 2.19. The van der Waals surface area contributed by atoms with Crippen LogP contribution in [0, 0.1) is 0 Å².